The predicted molar refractivity (Wildman–Crippen MR) is 89.1 cm³/mol. The second kappa shape index (κ2) is 5.50. The second-order valence-electron chi connectivity index (χ2n) is 5.79. The van der Waals surface area contributed by atoms with E-state index < -0.39 is 0 Å². The number of rotatable bonds is 2. The van der Waals surface area contributed by atoms with E-state index in [1.165, 1.54) is 0 Å². The van der Waals surface area contributed by atoms with Gasteiger partial charge < -0.3 is 10.1 Å². The molecular formula is C16H16BrClN2O. The lowest BCUT2D eigenvalue weighted by Crippen LogP contribution is -2.37. The number of ether oxygens (including phenoxy) is 1. The molecule has 1 aromatic heterocycles. The molecule has 2 heterocycles. The van der Waals surface area contributed by atoms with Gasteiger partial charge in [0.2, 0.25) is 0 Å². The summed E-state index contributed by atoms with van der Waals surface area (Å²) in [7, 11) is 0. The van der Waals surface area contributed by atoms with Crippen molar-refractivity contribution >= 4 is 33.2 Å². The van der Waals surface area contributed by atoms with Crippen LogP contribution in [0, 0.1) is 0 Å². The molecule has 1 aromatic carbocycles. The fourth-order valence-electron chi connectivity index (χ4n) is 2.64. The minimum Gasteiger partial charge on any atom is -0.487 e. The molecule has 0 spiro atoms. The summed E-state index contributed by atoms with van der Waals surface area (Å²) in [5, 5.41) is 3.97. The number of nitrogens with one attached hydrogen (secondary N) is 1. The van der Waals surface area contributed by atoms with E-state index in [9.17, 15) is 0 Å². The molecule has 3 rings (SSSR count). The summed E-state index contributed by atoms with van der Waals surface area (Å²) < 4.78 is 6.94. The molecule has 0 saturated carbocycles. The van der Waals surface area contributed by atoms with Crippen molar-refractivity contribution in [3.63, 3.8) is 0 Å². The lowest BCUT2D eigenvalue weighted by molar-refractivity contribution is 0.0759. The molecule has 1 N–H and O–H groups in total. The van der Waals surface area contributed by atoms with Crippen LogP contribution in [0.15, 0.2) is 41.0 Å². The van der Waals surface area contributed by atoms with Crippen LogP contribution in [-0.4, -0.2) is 10.6 Å². The minimum atomic E-state index is -0.224. The summed E-state index contributed by atoms with van der Waals surface area (Å²) in [6.45, 7) is 4.19. The molecule has 1 unspecified atom stereocenters. The maximum Gasteiger partial charge on any atom is 0.152 e. The Bertz CT molecular complexity index is 675. The van der Waals surface area contributed by atoms with Crippen molar-refractivity contribution in [3.05, 3.63) is 51.7 Å². The van der Waals surface area contributed by atoms with Crippen molar-refractivity contribution in [1.82, 2.24) is 4.98 Å². The monoisotopic (exact) mass is 366 g/mol. The highest BCUT2D eigenvalue weighted by molar-refractivity contribution is 9.10. The third-order valence-corrected chi connectivity index (χ3v) is 4.25. The van der Waals surface area contributed by atoms with Crippen molar-refractivity contribution < 1.29 is 4.74 Å². The summed E-state index contributed by atoms with van der Waals surface area (Å²) in [5.41, 5.74) is 1.74. The van der Waals surface area contributed by atoms with Crippen LogP contribution in [-0.2, 0) is 0 Å². The number of aromatic nitrogens is 1. The second-order valence-corrected chi connectivity index (χ2v) is 7.07. The number of benzene rings is 1. The third kappa shape index (κ3) is 3.16. The molecule has 0 radical (unpaired) electrons. The number of fused-ring (bicyclic) bond motifs is 1. The summed E-state index contributed by atoms with van der Waals surface area (Å²) >= 11 is 9.62. The normalized spacial score (nSPS) is 19.5. The van der Waals surface area contributed by atoms with Gasteiger partial charge in [0, 0.05) is 22.7 Å². The standard InChI is InChI=1S/C16H16BrClN2O/c1-16(2)8-13(11-5-3-4-6-14(11)21-16)20-12-7-10(17)9-19-15(12)18/h3-7,9,13,20H,8H2,1-2H3. The maximum absolute atomic E-state index is 6.19. The summed E-state index contributed by atoms with van der Waals surface area (Å²) in [4.78, 5) is 4.16. The van der Waals surface area contributed by atoms with Gasteiger partial charge in [0.1, 0.15) is 11.4 Å². The first-order valence-electron chi connectivity index (χ1n) is 6.80. The van der Waals surface area contributed by atoms with Crippen molar-refractivity contribution in [2.75, 3.05) is 5.32 Å². The van der Waals surface area contributed by atoms with E-state index in [-0.39, 0.29) is 11.6 Å². The van der Waals surface area contributed by atoms with E-state index in [0.29, 0.717) is 5.15 Å². The fourth-order valence-corrected chi connectivity index (χ4v) is 3.13. The molecule has 1 aliphatic rings. The zero-order valence-corrected chi connectivity index (χ0v) is 14.2. The smallest absolute Gasteiger partial charge is 0.152 e. The summed E-state index contributed by atoms with van der Waals surface area (Å²) in [5.74, 6) is 0.922. The van der Waals surface area contributed by atoms with E-state index >= 15 is 0 Å². The van der Waals surface area contributed by atoms with Gasteiger partial charge in [0.15, 0.2) is 5.15 Å². The molecule has 110 valence electrons. The van der Waals surface area contributed by atoms with Gasteiger partial charge in [-0.05, 0) is 41.9 Å². The van der Waals surface area contributed by atoms with Crippen molar-refractivity contribution in [2.24, 2.45) is 0 Å². The molecule has 0 fully saturated rings. The molecule has 1 aliphatic heterocycles. The van der Waals surface area contributed by atoms with Crippen molar-refractivity contribution in [2.45, 2.75) is 31.9 Å². The average molecular weight is 368 g/mol. The van der Waals surface area contributed by atoms with E-state index in [1.807, 2.05) is 24.3 Å². The first kappa shape index (κ1) is 14.7. The molecule has 5 heteroatoms. The predicted octanol–water partition coefficient (Wildman–Crippen LogP) is 5.21. The van der Waals surface area contributed by atoms with Crippen molar-refractivity contribution in [1.29, 1.82) is 0 Å². The van der Waals surface area contributed by atoms with Gasteiger partial charge in [0.25, 0.3) is 0 Å². The Morgan fingerprint density at radius 3 is 2.95 bits per heavy atom. The Balaban J connectivity index is 1.96. The zero-order chi connectivity index (χ0) is 15.0. The van der Waals surface area contributed by atoms with E-state index in [0.717, 1.165) is 27.9 Å². The summed E-state index contributed by atoms with van der Waals surface area (Å²) in [6.07, 6.45) is 2.54. The van der Waals surface area contributed by atoms with Gasteiger partial charge in [-0.15, -0.1) is 0 Å². The Morgan fingerprint density at radius 2 is 2.14 bits per heavy atom. The molecule has 3 nitrogen and oxygen atoms in total. The van der Waals surface area contributed by atoms with E-state index in [1.54, 1.807) is 6.20 Å². The van der Waals surface area contributed by atoms with Crippen molar-refractivity contribution in [3.8, 4) is 5.75 Å². The van der Waals surface area contributed by atoms with Crippen LogP contribution in [0.4, 0.5) is 5.69 Å². The van der Waals surface area contributed by atoms with Gasteiger partial charge in [-0.2, -0.15) is 0 Å². The largest absolute Gasteiger partial charge is 0.487 e. The highest BCUT2D eigenvalue weighted by Crippen LogP contribution is 2.41. The number of pyridine rings is 1. The molecule has 21 heavy (non-hydrogen) atoms. The van der Waals surface area contributed by atoms with Crippen LogP contribution in [0.1, 0.15) is 31.9 Å². The molecular weight excluding hydrogens is 352 g/mol. The van der Waals surface area contributed by atoms with Gasteiger partial charge in [0.05, 0.1) is 11.7 Å². The lowest BCUT2D eigenvalue weighted by Gasteiger charge is -2.38. The van der Waals surface area contributed by atoms with Crippen LogP contribution in [0.2, 0.25) is 5.15 Å². The first-order chi connectivity index (χ1) is 9.94. The average Bonchev–Trinajstić information content (AvgIpc) is 2.41. The van der Waals surface area contributed by atoms with Gasteiger partial charge in [-0.3, -0.25) is 0 Å². The highest BCUT2D eigenvalue weighted by atomic mass is 79.9. The van der Waals surface area contributed by atoms with Gasteiger partial charge >= 0.3 is 0 Å². The quantitative estimate of drug-likeness (QED) is 0.740. The highest BCUT2D eigenvalue weighted by Gasteiger charge is 2.33. The van der Waals surface area contributed by atoms with Crippen LogP contribution < -0.4 is 10.1 Å². The number of para-hydroxylation sites is 1. The first-order valence-corrected chi connectivity index (χ1v) is 7.97. The fraction of sp³-hybridized carbons (Fsp3) is 0.312. The Morgan fingerprint density at radius 1 is 1.38 bits per heavy atom. The Hall–Kier alpha value is -1.26. The molecule has 0 saturated heterocycles. The maximum atomic E-state index is 6.19. The summed E-state index contributed by atoms with van der Waals surface area (Å²) in [6, 6.07) is 10.2. The number of anilines is 1. The van der Waals surface area contributed by atoms with Gasteiger partial charge in [-0.1, -0.05) is 29.8 Å². The number of nitrogens with zero attached hydrogens (tertiary/aromatic N) is 1. The van der Waals surface area contributed by atoms with Crippen LogP contribution >= 0.6 is 27.5 Å². The molecule has 0 bridgehead atoms. The lowest BCUT2D eigenvalue weighted by atomic mass is 9.89. The Labute approximate surface area is 137 Å². The third-order valence-electron chi connectivity index (χ3n) is 3.51. The van der Waals surface area contributed by atoms with Gasteiger partial charge in [-0.25, -0.2) is 4.98 Å². The van der Waals surface area contributed by atoms with E-state index in [2.05, 4.69) is 46.1 Å². The topological polar surface area (TPSA) is 34.2 Å². The van der Waals surface area contributed by atoms with Crippen LogP contribution in [0.5, 0.6) is 5.75 Å². The Kier molecular flexibility index (Phi) is 3.84. The van der Waals surface area contributed by atoms with E-state index in [4.69, 9.17) is 16.3 Å². The molecule has 0 amide bonds. The van der Waals surface area contributed by atoms with Crippen LogP contribution in [0.25, 0.3) is 0 Å². The zero-order valence-electron chi connectivity index (χ0n) is 11.9. The SMILES string of the molecule is CC1(C)CC(Nc2cc(Br)cnc2Cl)c2ccccc2O1. The minimum absolute atomic E-state index is 0.138. The molecule has 2 aromatic rings. The number of hydrogen-bond acceptors (Lipinski definition) is 3. The molecule has 1 atom stereocenters. The number of halogens is 2. The molecule has 0 aliphatic carbocycles. The number of hydrogen-bond donors (Lipinski definition) is 1. The van der Waals surface area contributed by atoms with Crippen LogP contribution in [0.3, 0.4) is 0 Å².